The third-order valence-electron chi connectivity index (χ3n) is 0.337. The molecule has 0 aromatic rings. The summed E-state index contributed by atoms with van der Waals surface area (Å²) < 4.78 is 0. The molecule has 1 aliphatic rings. The molecule has 0 aromatic carbocycles. The topological polar surface area (TPSA) is 24.1 Å². The van der Waals surface area contributed by atoms with Crippen LogP contribution in [0.4, 0.5) is 0 Å². The summed E-state index contributed by atoms with van der Waals surface area (Å²) in [4.78, 5) is 2.78. The Balaban J connectivity index is 0.000000250. The Morgan fingerprint density at radius 2 is 2.33 bits per heavy atom. The van der Waals surface area contributed by atoms with Gasteiger partial charge in [0.2, 0.25) is 0 Å². The van der Waals surface area contributed by atoms with Gasteiger partial charge in [-0.25, -0.2) is 0 Å². The average Bonchev–Trinajstić information content (AvgIpc) is 1.76. The van der Waals surface area contributed by atoms with Gasteiger partial charge in [0.25, 0.3) is 0 Å². The zero-order valence-electron chi connectivity index (χ0n) is 2.97. The van der Waals surface area contributed by atoms with Crippen molar-refractivity contribution >= 4 is 28.9 Å². The van der Waals surface area contributed by atoms with E-state index in [9.17, 15) is 0 Å². The quantitative estimate of drug-likeness (QED) is 0.524. The van der Waals surface area contributed by atoms with Crippen molar-refractivity contribution in [2.24, 2.45) is 0 Å². The summed E-state index contributed by atoms with van der Waals surface area (Å²) in [6.07, 6.45) is 1.84. The SMILES string of the molecule is Br.C1=CSNN1. The van der Waals surface area contributed by atoms with E-state index < -0.39 is 0 Å². The highest BCUT2D eigenvalue weighted by Crippen LogP contribution is 1.94. The van der Waals surface area contributed by atoms with Crippen LogP contribution in [0.1, 0.15) is 0 Å². The van der Waals surface area contributed by atoms with Crippen LogP contribution >= 0.6 is 28.9 Å². The number of hydrogen-bond acceptors (Lipinski definition) is 3. The Hall–Kier alpha value is 0.330. The van der Waals surface area contributed by atoms with Crippen molar-refractivity contribution in [3.63, 3.8) is 0 Å². The molecule has 0 amide bonds. The minimum atomic E-state index is 0. The van der Waals surface area contributed by atoms with E-state index in [2.05, 4.69) is 10.3 Å². The van der Waals surface area contributed by atoms with Gasteiger partial charge >= 0.3 is 0 Å². The van der Waals surface area contributed by atoms with Crippen molar-refractivity contribution in [1.82, 2.24) is 10.3 Å². The molecular formula is C2H5BrN2S. The Bertz CT molecular complexity index is 49.5. The largest absolute Gasteiger partial charge is 0.318 e. The molecule has 0 radical (unpaired) electrons. The van der Waals surface area contributed by atoms with E-state index >= 15 is 0 Å². The molecule has 0 spiro atoms. The molecule has 2 N–H and O–H groups in total. The first-order chi connectivity index (χ1) is 2.50. The lowest BCUT2D eigenvalue weighted by Gasteiger charge is -1.81. The molecule has 1 heterocycles. The summed E-state index contributed by atoms with van der Waals surface area (Å²) in [6, 6.07) is 0. The van der Waals surface area contributed by atoms with Gasteiger partial charge < -0.3 is 5.43 Å². The molecule has 0 fully saturated rings. The maximum Gasteiger partial charge on any atom is 0.0211 e. The molecule has 0 bridgehead atoms. The summed E-state index contributed by atoms with van der Waals surface area (Å²) >= 11 is 1.53. The first-order valence-corrected chi connectivity index (χ1v) is 2.19. The van der Waals surface area contributed by atoms with Crippen LogP contribution in [0.2, 0.25) is 0 Å². The Morgan fingerprint density at radius 1 is 1.50 bits per heavy atom. The maximum absolute atomic E-state index is 2.78. The van der Waals surface area contributed by atoms with Crippen molar-refractivity contribution in [2.45, 2.75) is 0 Å². The fourth-order valence-corrected chi connectivity index (χ4v) is 0.510. The molecule has 0 saturated carbocycles. The second-order valence-corrected chi connectivity index (χ2v) is 1.38. The van der Waals surface area contributed by atoms with Crippen molar-refractivity contribution in [3.8, 4) is 0 Å². The van der Waals surface area contributed by atoms with E-state index in [0.29, 0.717) is 0 Å². The predicted molar refractivity (Wildman–Crippen MR) is 33.3 cm³/mol. The molecule has 0 atom stereocenters. The van der Waals surface area contributed by atoms with E-state index in [0.717, 1.165) is 0 Å². The van der Waals surface area contributed by atoms with E-state index in [1.165, 1.54) is 11.9 Å². The summed E-state index contributed by atoms with van der Waals surface area (Å²) in [5, 5.41) is 1.93. The Morgan fingerprint density at radius 3 is 2.50 bits per heavy atom. The first kappa shape index (κ1) is 6.33. The van der Waals surface area contributed by atoms with Crippen LogP contribution in [0.3, 0.4) is 0 Å². The highest BCUT2D eigenvalue weighted by atomic mass is 79.9. The molecule has 6 heavy (non-hydrogen) atoms. The fraction of sp³-hybridized carbons (Fsp3) is 0. The summed E-state index contributed by atoms with van der Waals surface area (Å²) in [6.45, 7) is 0. The standard InChI is InChI=1S/C2H4N2S.BrH/c1-2-5-4-3-1;/h1-4H;1H. The maximum atomic E-state index is 2.78. The van der Waals surface area contributed by atoms with Crippen molar-refractivity contribution in [1.29, 1.82) is 0 Å². The van der Waals surface area contributed by atoms with Crippen LogP contribution in [0.15, 0.2) is 11.6 Å². The number of rotatable bonds is 0. The second kappa shape index (κ2) is 3.52. The molecule has 0 unspecified atom stereocenters. The molecule has 1 aliphatic heterocycles. The third-order valence-corrected chi connectivity index (χ3v) is 0.845. The van der Waals surface area contributed by atoms with Gasteiger partial charge in [0.15, 0.2) is 0 Å². The smallest absolute Gasteiger partial charge is 0.0211 e. The average molecular weight is 169 g/mol. The molecule has 36 valence electrons. The number of halogens is 1. The number of hydrogen-bond donors (Lipinski definition) is 2. The van der Waals surface area contributed by atoms with Gasteiger partial charge in [-0.2, -0.15) is 4.83 Å². The van der Waals surface area contributed by atoms with Crippen molar-refractivity contribution in [2.75, 3.05) is 0 Å². The number of hydrazine groups is 1. The van der Waals surface area contributed by atoms with Crippen LogP contribution < -0.4 is 10.3 Å². The van der Waals surface area contributed by atoms with Crippen LogP contribution in [-0.4, -0.2) is 0 Å². The molecular weight excluding hydrogens is 164 g/mol. The van der Waals surface area contributed by atoms with Crippen LogP contribution in [0.5, 0.6) is 0 Å². The lowest BCUT2D eigenvalue weighted by molar-refractivity contribution is 0.896. The van der Waals surface area contributed by atoms with Crippen molar-refractivity contribution in [3.05, 3.63) is 11.6 Å². The second-order valence-electron chi connectivity index (χ2n) is 0.667. The lowest BCUT2D eigenvalue weighted by atomic mass is 11.1. The monoisotopic (exact) mass is 168 g/mol. The van der Waals surface area contributed by atoms with Gasteiger partial charge in [-0.3, -0.25) is 0 Å². The fourth-order valence-electron chi connectivity index (χ4n) is 0.170. The molecule has 4 heteroatoms. The van der Waals surface area contributed by atoms with E-state index in [1.807, 2.05) is 11.6 Å². The van der Waals surface area contributed by atoms with E-state index in [1.54, 1.807) is 0 Å². The van der Waals surface area contributed by atoms with E-state index in [4.69, 9.17) is 0 Å². The lowest BCUT2D eigenvalue weighted by Crippen LogP contribution is -2.11. The highest BCUT2D eigenvalue weighted by molar-refractivity contribution is 8.93. The van der Waals surface area contributed by atoms with Crippen molar-refractivity contribution < 1.29 is 0 Å². The third kappa shape index (κ3) is 1.69. The van der Waals surface area contributed by atoms with Gasteiger partial charge in [0.05, 0.1) is 0 Å². The van der Waals surface area contributed by atoms with Crippen LogP contribution in [0.25, 0.3) is 0 Å². The van der Waals surface area contributed by atoms with Gasteiger partial charge in [-0.15, -0.1) is 17.0 Å². The Labute approximate surface area is 51.2 Å². The Kier molecular flexibility index (Phi) is 3.71. The molecule has 1 rings (SSSR count). The summed E-state index contributed by atoms with van der Waals surface area (Å²) in [5.41, 5.74) is 2.75. The molecule has 0 aliphatic carbocycles. The molecule has 2 nitrogen and oxygen atoms in total. The van der Waals surface area contributed by atoms with Crippen LogP contribution in [-0.2, 0) is 0 Å². The first-order valence-electron chi connectivity index (χ1n) is 1.31. The summed E-state index contributed by atoms with van der Waals surface area (Å²) in [5.74, 6) is 0. The molecule has 0 saturated heterocycles. The normalized spacial score (nSPS) is 16.0. The van der Waals surface area contributed by atoms with Gasteiger partial charge in [-0.1, -0.05) is 0 Å². The minimum absolute atomic E-state index is 0. The summed E-state index contributed by atoms with van der Waals surface area (Å²) in [7, 11) is 0. The molecule has 0 aromatic heterocycles. The van der Waals surface area contributed by atoms with Crippen LogP contribution in [0, 0.1) is 0 Å². The predicted octanol–water partition coefficient (Wildman–Crippen LogP) is 0.791. The van der Waals surface area contributed by atoms with Gasteiger partial charge in [0, 0.05) is 11.6 Å². The van der Waals surface area contributed by atoms with Gasteiger partial charge in [0.1, 0.15) is 0 Å². The zero-order chi connectivity index (χ0) is 3.54. The van der Waals surface area contributed by atoms with Gasteiger partial charge in [-0.05, 0) is 11.9 Å². The minimum Gasteiger partial charge on any atom is -0.318 e. The zero-order valence-corrected chi connectivity index (χ0v) is 5.50. The highest BCUT2D eigenvalue weighted by Gasteiger charge is 1.79. The number of nitrogens with one attached hydrogen (secondary N) is 2. The van der Waals surface area contributed by atoms with E-state index in [-0.39, 0.29) is 17.0 Å².